The summed E-state index contributed by atoms with van der Waals surface area (Å²) < 4.78 is 4.90. The maximum atomic E-state index is 11.5. The van der Waals surface area contributed by atoms with Gasteiger partial charge in [0.1, 0.15) is 0 Å². The Hall–Kier alpha value is -1.52. The lowest BCUT2D eigenvalue weighted by Gasteiger charge is -2.08. The minimum Gasteiger partial charge on any atom is -0.463 e. The first-order valence-electron chi connectivity index (χ1n) is 5.07. The second-order valence-corrected chi connectivity index (χ2v) is 3.24. The van der Waals surface area contributed by atoms with Crippen LogP contribution >= 0.6 is 0 Å². The van der Waals surface area contributed by atoms with Crippen molar-refractivity contribution >= 4 is 12.0 Å². The third kappa shape index (κ3) is 2.97. The number of allylic oxidation sites excluding steroid dienone is 1. The van der Waals surface area contributed by atoms with Crippen molar-refractivity contribution in [3.63, 3.8) is 0 Å². The lowest BCUT2D eigenvalue weighted by molar-refractivity contribution is -0.138. The van der Waals surface area contributed by atoms with Crippen molar-refractivity contribution in [1.29, 1.82) is 0 Å². The highest BCUT2D eigenvalue weighted by molar-refractivity contribution is 5.91. The fourth-order valence-electron chi connectivity index (χ4n) is 1.52. The molecule has 5 heteroatoms. The van der Waals surface area contributed by atoms with Crippen LogP contribution in [0.5, 0.6) is 0 Å². The Kier molecular flexibility index (Phi) is 4.15. The summed E-state index contributed by atoms with van der Waals surface area (Å²) in [5.41, 5.74) is 1.29. The summed E-state index contributed by atoms with van der Waals surface area (Å²) in [6.07, 6.45) is 2.28. The van der Waals surface area contributed by atoms with Crippen molar-refractivity contribution in [2.24, 2.45) is 0 Å². The van der Waals surface area contributed by atoms with Crippen LogP contribution in [0.4, 0.5) is 4.79 Å². The summed E-state index contributed by atoms with van der Waals surface area (Å²) in [6, 6.07) is -0.298. The molecule has 0 saturated heterocycles. The van der Waals surface area contributed by atoms with Crippen LogP contribution in [0.2, 0.25) is 0 Å². The normalized spacial score (nSPS) is 15.1. The first-order chi connectivity index (χ1) is 7.19. The Balaban J connectivity index is 2.69. The largest absolute Gasteiger partial charge is 0.463 e. The maximum absolute atomic E-state index is 11.5. The van der Waals surface area contributed by atoms with Gasteiger partial charge in [0.2, 0.25) is 0 Å². The van der Waals surface area contributed by atoms with Gasteiger partial charge in [-0.25, -0.2) is 9.59 Å². The van der Waals surface area contributed by atoms with Crippen LogP contribution in [-0.2, 0) is 9.53 Å². The molecule has 0 saturated carbocycles. The van der Waals surface area contributed by atoms with E-state index in [0.29, 0.717) is 24.3 Å². The molecule has 5 nitrogen and oxygen atoms in total. The van der Waals surface area contributed by atoms with E-state index in [9.17, 15) is 9.59 Å². The Morgan fingerprint density at radius 3 is 2.73 bits per heavy atom. The highest BCUT2D eigenvalue weighted by Gasteiger charge is 2.22. The molecule has 0 fully saturated rings. The molecule has 0 aromatic carbocycles. The zero-order valence-corrected chi connectivity index (χ0v) is 9.05. The summed E-state index contributed by atoms with van der Waals surface area (Å²) in [5.74, 6) is -0.318. The van der Waals surface area contributed by atoms with Gasteiger partial charge in [-0.3, -0.25) is 0 Å². The zero-order chi connectivity index (χ0) is 11.3. The number of nitrogens with one attached hydrogen (secondary N) is 2. The fourth-order valence-corrected chi connectivity index (χ4v) is 1.52. The molecule has 0 spiro atoms. The van der Waals surface area contributed by atoms with E-state index >= 15 is 0 Å². The molecule has 0 atom stereocenters. The summed E-state index contributed by atoms with van der Waals surface area (Å²) in [5, 5.41) is 5.09. The molecule has 0 aliphatic heterocycles. The minimum absolute atomic E-state index is 0.298. The molecule has 1 aliphatic rings. The van der Waals surface area contributed by atoms with Gasteiger partial charge < -0.3 is 15.4 Å². The number of ether oxygens (including phenoxy) is 1. The van der Waals surface area contributed by atoms with E-state index in [-0.39, 0.29) is 12.0 Å². The molecule has 1 rings (SSSR count). The van der Waals surface area contributed by atoms with Crippen LogP contribution < -0.4 is 10.6 Å². The predicted octanol–water partition coefficient (Wildman–Crippen LogP) is 0.916. The highest BCUT2D eigenvalue weighted by atomic mass is 16.5. The quantitative estimate of drug-likeness (QED) is 0.683. The molecule has 0 bridgehead atoms. The van der Waals surface area contributed by atoms with Crippen molar-refractivity contribution in [2.45, 2.75) is 26.2 Å². The van der Waals surface area contributed by atoms with E-state index < -0.39 is 0 Å². The molecule has 0 unspecified atom stereocenters. The second-order valence-electron chi connectivity index (χ2n) is 3.24. The monoisotopic (exact) mass is 212 g/mol. The highest BCUT2D eigenvalue weighted by Crippen LogP contribution is 2.24. The van der Waals surface area contributed by atoms with Crippen molar-refractivity contribution in [1.82, 2.24) is 10.6 Å². The van der Waals surface area contributed by atoms with Crippen LogP contribution in [0.3, 0.4) is 0 Å². The topological polar surface area (TPSA) is 67.4 Å². The van der Waals surface area contributed by atoms with Gasteiger partial charge >= 0.3 is 12.0 Å². The first-order valence-corrected chi connectivity index (χ1v) is 5.07. The van der Waals surface area contributed by atoms with E-state index in [0.717, 1.165) is 12.8 Å². The molecule has 0 radical (unpaired) electrons. The van der Waals surface area contributed by atoms with Crippen LogP contribution in [0.1, 0.15) is 26.2 Å². The standard InChI is InChI=1S/C10H16N2O3/c1-3-15-9(13)7-5-4-6-8(7)12-10(14)11-2/h3-6H2,1-2H3,(H2,11,12,14). The van der Waals surface area contributed by atoms with Gasteiger partial charge in [0.25, 0.3) is 0 Å². The summed E-state index contributed by atoms with van der Waals surface area (Å²) in [7, 11) is 1.54. The average molecular weight is 212 g/mol. The summed E-state index contributed by atoms with van der Waals surface area (Å²) >= 11 is 0. The summed E-state index contributed by atoms with van der Waals surface area (Å²) in [4.78, 5) is 22.6. The van der Waals surface area contributed by atoms with Crippen molar-refractivity contribution in [3.05, 3.63) is 11.3 Å². The van der Waals surface area contributed by atoms with Crippen LogP contribution in [-0.4, -0.2) is 25.7 Å². The SMILES string of the molecule is CCOC(=O)C1=C(NC(=O)NC)CCC1. The first kappa shape index (κ1) is 11.6. The predicted molar refractivity (Wildman–Crippen MR) is 55.1 cm³/mol. The lowest BCUT2D eigenvalue weighted by atomic mass is 10.2. The fraction of sp³-hybridized carbons (Fsp3) is 0.600. The van der Waals surface area contributed by atoms with Gasteiger partial charge in [0.05, 0.1) is 12.2 Å². The third-order valence-corrected chi connectivity index (χ3v) is 2.23. The molecule has 15 heavy (non-hydrogen) atoms. The number of amides is 2. The van der Waals surface area contributed by atoms with E-state index in [4.69, 9.17) is 4.74 Å². The van der Waals surface area contributed by atoms with Gasteiger partial charge in [-0.15, -0.1) is 0 Å². The Morgan fingerprint density at radius 2 is 2.13 bits per heavy atom. The number of carbonyl (C=O) groups is 2. The smallest absolute Gasteiger partial charge is 0.335 e. The molecule has 0 heterocycles. The average Bonchev–Trinajstić information content (AvgIpc) is 2.66. The number of carbonyl (C=O) groups excluding carboxylic acids is 2. The van der Waals surface area contributed by atoms with Gasteiger partial charge in [-0.05, 0) is 26.2 Å². The lowest BCUT2D eigenvalue weighted by Crippen LogP contribution is -2.32. The van der Waals surface area contributed by atoms with Crippen LogP contribution in [0.25, 0.3) is 0 Å². The van der Waals surface area contributed by atoms with E-state index in [2.05, 4.69) is 10.6 Å². The minimum atomic E-state index is -0.318. The molecule has 2 amide bonds. The van der Waals surface area contributed by atoms with Crippen LogP contribution in [0.15, 0.2) is 11.3 Å². The van der Waals surface area contributed by atoms with Crippen LogP contribution in [0, 0.1) is 0 Å². The number of rotatable bonds is 3. The Bertz CT molecular complexity index is 297. The third-order valence-electron chi connectivity index (χ3n) is 2.23. The number of hydrogen-bond acceptors (Lipinski definition) is 3. The number of esters is 1. The molecular weight excluding hydrogens is 196 g/mol. The van der Waals surface area contributed by atoms with Gasteiger partial charge in [0, 0.05) is 12.7 Å². The molecular formula is C10H16N2O3. The van der Waals surface area contributed by atoms with Crippen molar-refractivity contribution < 1.29 is 14.3 Å². The van der Waals surface area contributed by atoms with Gasteiger partial charge in [-0.1, -0.05) is 0 Å². The van der Waals surface area contributed by atoms with Gasteiger partial charge in [0.15, 0.2) is 0 Å². The molecule has 2 N–H and O–H groups in total. The molecule has 1 aliphatic carbocycles. The van der Waals surface area contributed by atoms with E-state index in [1.165, 1.54) is 7.05 Å². The molecule has 0 aromatic rings. The molecule has 0 aromatic heterocycles. The van der Waals surface area contributed by atoms with E-state index in [1.807, 2.05) is 0 Å². The number of hydrogen-bond donors (Lipinski definition) is 2. The van der Waals surface area contributed by atoms with Crippen molar-refractivity contribution in [2.75, 3.05) is 13.7 Å². The number of urea groups is 1. The zero-order valence-electron chi connectivity index (χ0n) is 9.05. The van der Waals surface area contributed by atoms with Crippen molar-refractivity contribution in [3.8, 4) is 0 Å². The van der Waals surface area contributed by atoms with E-state index in [1.54, 1.807) is 6.92 Å². The van der Waals surface area contributed by atoms with Gasteiger partial charge in [-0.2, -0.15) is 0 Å². The maximum Gasteiger partial charge on any atom is 0.335 e. The summed E-state index contributed by atoms with van der Waals surface area (Å²) in [6.45, 7) is 2.12. The second kappa shape index (κ2) is 5.38. The Labute approximate surface area is 88.9 Å². The molecule has 84 valence electrons. The Morgan fingerprint density at radius 1 is 1.40 bits per heavy atom.